The van der Waals surface area contributed by atoms with Crippen LogP contribution in [-0.2, 0) is 7.05 Å². The normalized spacial score (nSPS) is 17.0. The number of aromatic nitrogens is 6. The number of aryl methyl sites for hydroxylation is 3. The highest BCUT2D eigenvalue weighted by atomic mass is 15.3. The molecule has 1 aliphatic rings. The number of hydrogen-bond acceptors (Lipinski definition) is 5. The lowest BCUT2D eigenvalue weighted by Gasteiger charge is -2.23. The summed E-state index contributed by atoms with van der Waals surface area (Å²) in [5.74, 6) is 1.74. The highest BCUT2D eigenvalue weighted by Crippen LogP contribution is 2.35. The molecule has 4 aromatic rings. The first kappa shape index (κ1) is 16.9. The van der Waals surface area contributed by atoms with Gasteiger partial charge < -0.3 is 9.88 Å². The van der Waals surface area contributed by atoms with Crippen LogP contribution in [0.2, 0.25) is 0 Å². The molecule has 0 aliphatic carbocycles. The molecule has 7 heteroatoms. The average Bonchev–Trinajstić information content (AvgIpc) is 3.40. The Balaban J connectivity index is 1.54. The van der Waals surface area contributed by atoms with Crippen molar-refractivity contribution in [2.24, 2.45) is 7.05 Å². The zero-order valence-corrected chi connectivity index (χ0v) is 16.3. The molecule has 0 radical (unpaired) electrons. The number of fused-ring (bicyclic) bond motifs is 1. The molecule has 1 fully saturated rings. The number of H-pyrrole nitrogens is 1. The van der Waals surface area contributed by atoms with Crippen molar-refractivity contribution < 1.29 is 0 Å². The van der Waals surface area contributed by atoms with Gasteiger partial charge >= 0.3 is 0 Å². The topological polar surface area (TPSA) is 75.5 Å². The lowest BCUT2D eigenvalue weighted by molar-refractivity contribution is 0.664. The lowest BCUT2D eigenvalue weighted by atomic mass is 10.2. The zero-order valence-electron chi connectivity index (χ0n) is 16.3. The standard InChI is InChI=1S/C21H23N7/c1-13-6-7-15-16(11-13)25-20(24-15)18-5-4-10-28(18)21-22-12-14(2)19(26-21)17-8-9-23-27(17)3/h6-9,11-12,18H,4-5,10H2,1-3H3,(H,24,25)/t18-/m0/s1. The summed E-state index contributed by atoms with van der Waals surface area (Å²) in [5, 5.41) is 4.28. The maximum atomic E-state index is 4.91. The Morgan fingerprint density at radius 2 is 2.04 bits per heavy atom. The van der Waals surface area contributed by atoms with Crippen LogP contribution in [0.15, 0.2) is 36.7 Å². The third kappa shape index (κ3) is 2.74. The highest BCUT2D eigenvalue weighted by Gasteiger charge is 2.31. The summed E-state index contributed by atoms with van der Waals surface area (Å²) in [7, 11) is 1.94. The van der Waals surface area contributed by atoms with Gasteiger partial charge in [0.05, 0.1) is 28.5 Å². The summed E-state index contributed by atoms with van der Waals surface area (Å²) in [5.41, 5.74) is 6.29. The molecule has 3 aromatic heterocycles. The number of hydrogen-bond donors (Lipinski definition) is 1. The summed E-state index contributed by atoms with van der Waals surface area (Å²) in [6.45, 7) is 5.06. The van der Waals surface area contributed by atoms with Crippen molar-refractivity contribution in [1.29, 1.82) is 0 Å². The second kappa shape index (κ2) is 6.44. The van der Waals surface area contributed by atoms with E-state index in [1.807, 2.05) is 30.9 Å². The monoisotopic (exact) mass is 373 g/mol. The number of rotatable bonds is 3. The SMILES string of the molecule is Cc1ccc2nc([C@@H]3CCCN3c3ncc(C)c(-c4ccnn4C)n3)[nH]c2c1. The molecule has 5 rings (SSSR count). The van der Waals surface area contributed by atoms with Gasteiger partial charge in [-0.25, -0.2) is 15.0 Å². The molecule has 1 N–H and O–H groups in total. The lowest BCUT2D eigenvalue weighted by Crippen LogP contribution is -2.25. The molecule has 0 spiro atoms. The molecular formula is C21H23N7. The van der Waals surface area contributed by atoms with Crippen molar-refractivity contribution in [2.75, 3.05) is 11.4 Å². The molecule has 4 heterocycles. The minimum atomic E-state index is 0.162. The van der Waals surface area contributed by atoms with E-state index in [0.717, 1.165) is 59.1 Å². The first-order valence-corrected chi connectivity index (χ1v) is 9.65. The van der Waals surface area contributed by atoms with E-state index < -0.39 is 0 Å². The van der Waals surface area contributed by atoms with Gasteiger partial charge in [0.1, 0.15) is 5.82 Å². The van der Waals surface area contributed by atoms with Gasteiger partial charge in [-0.3, -0.25) is 4.68 Å². The number of nitrogens with one attached hydrogen (secondary N) is 1. The fourth-order valence-electron chi connectivity index (χ4n) is 4.03. The van der Waals surface area contributed by atoms with Gasteiger partial charge in [-0.15, -0.1) is 0 Å². The van der Waals surface area contributed by atoms with Crippen LogP contribution in [-0.4, -0.2) is 36.3 Å². The molecular weight excluding hydrogens is 350 g/mol. The van der Waals surface area contributed by atoms with Crippen molar-refractivity contribution in [1.82, 2.24) is 29.7 Å². The van der Waals surface area contributed by atoms with Crippen molar-refractivity contribution in [2.45, 2.75) is 32.7 Å². The molecule has 28 heavy (non-hydrogen) atoms. The van der Waals surface area contributed by atoms with E-state index in [9.17, 15) is 0 Å². The Morgan fingerprint density at radius 3 is 2.86 bits per heavy atom. The Kier molecular flexibility index (Phi) is 3.89. The molecule has 1 atom stereocenters. The summed E-state index contributed by atoms with van der Waals surface area (Å²) in [6.07, 6.45) is 5.84. The smallest absolute Gasteiger partial charge is 0.226 e. The fourth-order valence-corrected chi connectivity index (χ4v) is 4.03. The van der Waals surface area contributed by atoms with Crippen LogP contribution >= 0.6 is 0 Å². The van der Waals surface area contributed by atoms with Crippen molar-refractivity contribution in [3.8, 4) is 11.4 Å². The highest BCUT2D eigenvalue weighted by molar-refractivity contribution is 5.76. The van der Waals surface area contributed by atoms with Crippen molar-refractivity contribution in [3.63, 3.8) is 0 Å². The number of anilines is 1. The average molecular weight is 373 g/mol. The van der Waals surface area contributed by atoms with Crippen LogP contribution in [0.4, 0.5) is 5.95 Å². The van der Waals surface area contributed by atoms with Gasteiger partial charge in [-0.05, 0) is 56.0 Å². The second-order valence-electron chi connectivity index (χ2n) is 7.54. The predicted molar refractivity (Wildman–Crippen MR) is 109 cm³/mol. The summed E-state index contributed by atoms with van der Waals surface area (Å²) in [4.78, 5) is 20.2. The van der Waals surface area contributed by atoms with E-state index in [4.69, 9.17) is 9.97 Å². The molecule has 0 saturated carbocycles. The van der Waals surface area contributed by atoms with Gasteiger partial charge in [0, 0.05) is 26.0 Å². The van der Waals surface area contributed by atoms with Crippen LogP contribution < -0.4 is 4.90 Å². The minimum Gasteiger partial charge on any atom is -0.340 e. The summed E-state index contributed by atoms with van der Waals surface area (Å²) >= 11 is 0. The van der Waals surface area contributed by atoms with E-state index in [-0.39, 0.29) is 6.04 Å². The second-order valence-corrected chi connectivity index (χ2v) is 7.54. The van der Waals surface area contributed by atoms with E-state index in [0.29, 0.717) is 0 Å². The Morgan fingerprint density at radius 1 is 1.14 bits per heavy atom. The van der Waals surface area contributed by atoms with Gasteiger partial charge in [0.2, 0.25) is 5.95 Å². The summed E-state index contributed by atoms with van der Waals surface area (Å²) < 4.78 is 1.85. The predicted octanol–water partition coefficient (Wildman–Crippen LogP) is 3.71. The minimum absolute atomic E-state index is 0.162. The quantitative estimate of drug-likeness (QED) is 0.592. The Bertz CT molecular complexity index is 1160. The van der Waals surface area contributed by atoms with Gasteiger partial charge in [-0.2, -0.15) is 5.10 Å². The van der Waals surface area contributed by atoms with Crippen LogP contribution in [0.25, 0.3) is 22.4 Å². The number of nitrogens with zero attached hydrogens (tertiary/aromatic N) is 6. The third-order valence-corrected chi connectivity index (χ3v) is 5.50. The first-order valence-electron chi connectivity index (χ1n) is 9.65. The van der Waals surface area contributed by atoms with Gasteiger partial charge in [0.15, 0.2) is 0 Å². The maximum absolute atomic E-state index is 4.91. The van der Waals surface area contributed by atoms with Crippen LogP contribution in [0.3, 0.4) is 0 Å². The van der Waals surface area contributed by atoms with Crippen LogP contribution in [0.1, 0.15) is 35.8 Å². The first-order chi connectivity index (χ1) is 13.6. The molecule has 1 aliphatic heterocycles. The van der Waals surface area contributed by atoms with Crippen molar-refractivity contribution in [3.05, 3.63) is 53.6 Å². The molecule has 1 saturated heterocycles. The van der Waals surface area contributed by atoms with E-state index in [2.05, 4.69) is 45.1 Å². The molecule has 0 amide bonds. The molecule has 0 unspecified atom stereocenters. The van der Waals surface area contributed by atoms with E-state index in [1.54, 1.807) is 6.20 Å². The molecule has 142 valence electrons. The Hall–Kier alpha value is -3.22. The van der Waals surface area contributed by atoms with E-state index in [1.165, 1.54) is 5.56 Å². The fraction of sp³-hybridized carbons (Fsp3) is 0.333. The van der Waals surface area contributed by atoms with E-state index >= 15 is 0 Å². The summed E-state index contributed by atoms with van der Waals surface area (Å²) in [6, 6.07) is 8.47. The largest absolute Gasteiger partial charge is 0.340 e. The number of benzene rings is 1. The Labute approximate surface area is 163 Å². The molecule has 0 bridgehead atoms. The molecule has 1 aromatic carbocycles. The van der Waals surface area contributed by atoms with Crippen LogP contribution in [0, 0.1) is 13.8 Å². The molecule has 7 nitrogen and oxygen atoms in total. The number of aromatic amines is 1. The van der Waals surface area contributed by atoms with Crippen molar-refractivity contribution >= 4 is 17.0 Å². The van der Waals surface area contributed by atoms with Crippen LogP contribution in [0.5, 0.6) is 0 Å². The van der Waals surface area contributed by atoms with Gasteiger partial charge in [-0.1, -0.05) is 6.07 Å². The van der Waals surface area contributed by atoms with Gasteiger partial charge in [0.25, 0.3) is 0 Å². The third-order valence-electron chi connectivity index (χ3n) is 5.50. The maximum Gasteiger partial charge on any atom is 0.226 e. The zero-order chi connectivity index (χ0) is 19.3. The number of imidazole rings is 1.